The van der Waals surface area contributed by atoms with Crippen molar-refractivity contribution in [3.8, 4) is 0 Å². The third-order valence-electron chi connectivity index (χ3n) is 4.29. The average molecular weight is 313 g/mol. The van der Waals surface area contributed by atoms with Gasteiger partial charge in [-0.05, 0) is 58.0 Å². The summed E-state index contributed by atoms with van der Waals surface area (Å²) in [6.45, 7) is 5.55. The smallest absolute Gasteiger partial charge is 0.0576 e. The van der Waals surface area contributed by atoms with Crippen LogP contribution in [0.25, 0.3) is 0 Å². The summed E-state index contributed by atoms with van der Waals surface area (Å²) in [5.41, 5.74) is 5.96. The van der Waals surface area contributed by atoms with Crippen LogP contribution in [0, 0.1) is 0 Å². The van der Waals surface area contributed by atoms with Gasteiger partial charge in [0.25, 0.3) is 0 Å². The van der Waals surface area contributed by atoms with Gasteiger partial charge in [0.2, 0.25) is 0 Å². The molecule has 1 heterocycles. The summed E-state index contributed by atoms with van der Waals surface area (Å²) in [4.78, 5) is 2.67. The monoisotopic (exact) mass is 312 g/mol. The average Bonchev–Trinajstić information content (AvgIpc) is 2.38. The summed E-state index contributed by atoms with van der Waals surface area (Å²) < 4.78 is 5.85. The molecule has 1 aliphatic carbocycles. The van der Waals surface area contributed by atoms with Crippen LogP contribution in [-0.2, 0) is 4.74 Å². The van der Waals surface area contributed by atoms with Crippen molar-refractivity contribution in [3.63, 3.8) is 0 Å². The van der Waals surface area contributed by atoms with Crippen molar-refractivity contribution >= 4 is 24.8 Å². The molecule has 0 aromatic rings. The number of hydrogen-bond acceptors (Lipinski definition) is 3. The molecule has 1 aliphatic heterocycles. The van der Waals surface area contributed by atoms with E-state index in [1.807, 2.05) is 0 Å². The predicted molar refractivity (Wildman–Crippen MR) is 85.6 cm³/mol. The molecule has 19 heavy (non-hydrogen) atoms. The molecule has 1 saturated heterocycles. The summed E-state index contributed by atoms with van der Waals surface area (Å²) in [6, 6.07) is 1.26. The molecular weight excluding hydrogens is 283 g/mol. The van der Waals surface area contributed by atoms with Gasteiger partial charge in [-0.15, -0.1) is 24.8 Å². The molecule has 116 valence electrons. The van der Waals surface area contributed by atoms with Crippen molar-refractivity contribution in [1.29, 1.82) is 0 Å². The van der Waals surface area contributed by atoms with Crippen LogP contribution in [0.2, 0.25) is 0 Å². The molecule has 0 spiro atoms. The quantitative estimate of drug-likeness (QED) is 0.867. The molecule has 0 amide bonds. The van der Waals surface area contributed by atoms with Crippen molar-refractivity contribution in [2.45, 2.75) is 70.1 Å². The number of ether oxygens (including phenoxy) is 1. The minimum absolute atomic E-state index is 0. The molecule has 1 saturated carbocycles. The maximum atomic E-state index is 5.96. The van der Waals surface area contributed by atoms with Crippen molar-refractivity contribution in [2.75, 3.05) is 19.7 Å². The first-order valence-electron chi connectivity index (χ1n) is 7.40. The Balaban J connectivity index is 0.00000162. The SMILES string of the molecule is CCCOC1CCC(N2CCC(N)CC2)CC1.Cl.Cl. The Morgan fingerprint density at radius 2 is 1.58 bits per heavy atom. The Hall–Kier alpha value is 0.460. The van der Waals surface area contributed by atoms with E-state index >= 15 is 0 Å². The summed E-state index contributed by atoms with van der Waals surface area (Å²) in [7, 11) is 0. The second kappa shape index (κ2) is 10.2. The van der Waals surface area contributed by atoms with Crippen molar-refractivity contribution in [2.24, 2.45) is 5.73 Å². The van der Waals surface area contributed by atoms with Crippen LogP contribution < -0.4 is 5.73 Å². The zero-order valence-electron chi connectivity index (χ0n) is 12.1. The fourth-order valence-corrected chi connectivity index (χ4v) is 3.15. The van der Waals surface area contributed by atoms with E-state index < -0.39 is 0 Å². The van der Waals surface area contributed by atoms with Gasteiger partial charge in [0, 0.05) is 18.7 Å². The molecule has 2 fully saturated rings. The van der Waals surface area contributed by atoms with Crippen LogP contribution in [0.15, 0.2) is 0 Å². The number of nitrogens with zero attached hydrogens (tertiary/aromatic N) is 1. The van der Waals surface area contributed by atoms with E-state index in [-0.39, 0.29) is 24.8 Å². The largest absolute Gasteiger partial charge is 0.378 e. The molecule has 2 aliphatic rings. The highest BCUT2D eigenvalue weighted by atomic mass is 35.5. The number of likely N-dealkylation sites (tertiary alicyclic amines) is 1. The van der Waals surface area contributed by atoms with Crippen molar-refractivity contribution < 1.29 is 4.74 Å². The van der Waals surface area contributed by atoms with Gasteiger partial charge in [0.15, 0.2) is 0 Å². The second-order valence-corrected chi connectivity index (χ2v) is 5.67. The van der Waals surface area contributed by atoms with Crippen LogP contribution in [0.5, 0.6) is 0 Å². The number of nitrogens with two attached hydrogens (primary N) is 1. The van der Waals surface area contributed by atoms with E-state index in [0.717, 1.165) is 19.1 Å². The Labute approximate surface area is 130 Å². The summed E-state index contributed by atoms with van der Waals surface area (Å²) in [6.07, 6.45) is 9.22. The molecular formula is C14H30Cl2N2O. The zero-order valence-corrected chi connectivity index (χ0v) is 13.7. The number of piperidine rings is 1. The lowest BCUT2D eigenvalue weighted by atomic mass is 9.90. The van der Waals surface area contributed by atoms with E-state index in [2.05, 4.69) is 11.8 Å². The first-order chi connectivity index (χ1) is 8.29. The molecule has 5 heteroatoms. The third kappa shape index (κ3) is 6.17. The number of halogens is 2. The topological polar surface area (TPSA) is 38.5 Å². The van der Waals surface area contributed by atoms with Gasteiger partial charge in [0.05, 0.1) is 6.10 Å². The third-order valence-corrected chi connectivity index (χ3v) is 4.29. The van der Waals surface area contributed by atoms with Gasteiger partial charge >= 0.3 is 0 Å². The lowest BCUT2D eigenvalue weighted by Crippen LogP contribution is -2.46. The van der Waals surface area contributed by atoms with Gasteiger partial charge in [-0.25, -0.2) is 0 Å². The molecule has 3 nitrogen and oxygen atoms in total. The first-order valence-corrected chi connectivity index (χ1v) is 7.40. The lowest BCUT2D eigenvalue weighted by molar-refractivity contribution is 0.00398. The number of rotatable bonds is 4. The van der Waals surface area contributed by atoms with Crippen LogP contribution in [0.3, 0.4) is 0 Å². The van der Waals surface area contributed by atoms with Gasteiger partial charge in [-0.3, -0.25) is 0 Å². The maximum absolute atomic E-state index is 5.96. The van der Waals surface area contributed by atoms with E-state index in [9.17, 15) is 0 Å². The second-order valence-electron chi connectivity index (χ2n) is 5.67. The lowest BCUT2D eigenvalue weighted by Gasteiger charge is -2.40. The highest BCUT2D eigenvalue weighted by molar-refractivity contribution is 5.85. The van der Waals surface area contributed by atoms with E-state index in [0.29, 0.717) is 12.1 Å². The molecule has 0 bridgehead atoms. The highest BCUT2D eigenvalue weighted by Crippen LogP contribution is 2.27. The van der Waals surface area contributed by atoms with E-state index in [4.69, 9.17) is 10.5 Å². The molecule has 0 atom stereocenters. The van der Waals surface area contributed by atoms with Gasteiger partial charge < -0.3 is 15.4 Å². The zero-order chi connectivity index (χ0) is 12.1. The van der Waals surface area contributed by atoms with E-state index in [1.165, 1.54) is 51.6 Å². The molecule has 0 radical (unpaired) electrons. The molecule has 2 rings (SSSR count). The van der Waals surface area contributed by atoms with Crippen LogP contribution in [-0.4, -0.2) is 42.8 Å². The Morgan fingerprint density at radius 3 is 2.11 bits per heavy atom. The summed E-state index contributed by atoms with van der Waals surface area (Å²) in [5.74, 6) is 0. The standard InChI is InChI=1S/C14H28N2O.2ClH/c1-2-11-17-14-5-3-13(4-6-14)16-9-7-12(15)8-10-16;;/h12-14H,2-11,15H2,1H3;2*1H. The molecule has 0 aromatic heterocycles. The van der Waals surface area contributed by atoms with Crippen molar-refractivity contribution in [3.05, 3.63) is 0 Å². The normalized spacial score (nSPS) is 29.4. The summed E-state index contributed by atoms with van der Waals surface area (Å²) >= 11 is 0. The van der Waals surface area contributed by atoms with Gasteiger partial charge in [-0.1, -0.05) is 6.92 Å². The minimum Gasteiger partial charge on any atom is -0.378 e. The van der Waals surface area contributed by atoms with Gasteiger partial charge in [-0.2, -0.15) is 0 Å². The van der Waals surface area contributed by atoms with Gasteiger partial charge in [0.1, 0.15) is 0 Å². The summed E-state index contributed by atoms with van der Waals surface area (Å²) in [5, 5.41) is 0. The molecule has 2 N–H and O–H groups in total. The Bertz CT molecular complexity index is 215. The first kappa shape index (κ1) is 19.5. The Kier molecular flexibility index (Phi) is 10.5. The number of hydrogen-bond donors (Lipinski definition) is 1. The molecule has 0 aromatic carbocycles. The Morgan fingerprint density at radius 1 is 1.00 bits per heavy atom. The predicted octanol–water partition coefficient (Wildman–Crippen LogP) is 2.99. The highest BCUT2D eigenvalue weighted by Gasteiger charge is 2.28. The van der Waals surface area contributed by atoms with Crippen molar-refractivity contribution in [1.82, 2.24) is 4.90 Å². The van der Waals surface area contributed by atoms with Crippen LogP contribution in [0.1, 0.15) is 51.9 Å². The fraction of sp³-hybridized carbons (Fsp3) is 1.00. The fourth-order valence-electron chi connectivity index (χ4n) is 3.15. The van der Waals surface area contributed by atoms with E-state index in [1.54, 1.807) is 0 Å². The minimum atomic E-state index is 0. The molecule has 0 unspecified atom stereocenters. The van der Waals surface area contributed by atoms with Crippen LogP contribution >= 0.6 is 24.8 Å². The maximum Gasteiger partial charge on any atom is 0.0576 e. The van der Waals surface area contributed by atoms with Crippen LogP contribution in [0.4, 0.5) is 0 Å².